The van der Waals surface area contributed by atoms with Gasteiger partial charge in [-0.1, -0.05) is 35.5 Å². The van der Waals surface area contributed by atoms with Gasteiger partial charge in [-0.15, -0.1) is 0 Å². The van der Waals surface area contributed by atoms with E-state index in [0.29, 0.717) is 11.3 Å². The van der Waals surface area contributed by atoms with E-state index in [-0.39, 0.29) is 11.9 Å². The summed E-state index contributed by atoms with van der Waals surface area (Å²) < 4.78 is 46.9. The zero-order valence-corrected chi connectivity index (χ0v) is 18.3. The minimum absolute atomic E-state index is 0.00251. The van der Waals surface area contributed by atoms with Crippen LogP contribution in [-0.2, 0) is 16.6 Å². The number of anilines is 2. The Kier molecular flexibility index (Phi) is 5.97. The summed E-state index contributed by atoms with van der Waals surface area (Å²) in [6, 6.07) is 14.5. The number of aromatic nitrogens is 1. The molecule has 4 rings (SSSR count). The number of hydrogen-bond donors (Lipinski definition) is 1. The molecule has 1 saturated heterocycles. The average molecular weight is 445 g/mol. The van der Waals surface area contributed by atoms with E-state index in [4.69, 9.17) is 0 Å². The van der Waals surface area contributed by atoms with Crippen molar-refractivity contribution in [1.29, 1.82) is 0 Å². The van der Waals surface area contributed by atoms with Crippen molar-refractivity contribution in [3.8, 4) is 0 Å². The fraction of sp³-hybridized carbons (Fsp3) is 0.318. The van der Waals surface area contributed by atoms with Crippen LogP contribution >= 0.6 is 0 Å². The maximum atomic E-state index is 14.9. The fourth-order valence-corrected chi connectivity index (χ4v) is 5.14. The van der Waals surface area contributed by atoms with Crippen molar-refractivity contribution in [1.82, 2.24) is 10.1 Å². The number of halogens is 1. The van der Waals surface area contributed by atoms with Gasteiger partial charge in [0, 0.05) is 44.5 Å². The minimum Gasteiger partial charge on any atom is -0.370 e. The SMILES string of the molecule is Cc1cc(S(=O)(=O)Nc2ccon2)c(F)cc1N(C)C1CCN(Cc2ccccc2)C1. The number of rotatable bonds is 7. The van der Waals surface area contributed by atoms with E-state index in [1.807, 2.05) is 30.1 Å². The standard InChI is InChI=1S/C22H25FN4O3S/c1-16-12-21(31(28,29)25-22-9-11-30-24-22)19(23)13-20(16)26(2)18-8-10-27(15-18)14-17-6-4-3-5-7-17/h3-7,9,11-13,18H,8,10,14-15H2,1-2H3,(H,24,25). The van der Waals surface area contributed by atoms with Crippen LogP contribution in [0.1, 0.15) is 17.5 Å². The Labute approximate surface area is 181 Å². The summed E-state index contributed by atoms with van der Waals surface area (Å²) in [6.07, 6.45) is 2.19. The zero-order valence-electron chi connectivity index (χ0n) is 17.5. The summed E-state index contributed by atoms with van der Waals surface area (Å²) in [5.74, 6) is -0.801. The monoisotopic (exact) mass is 444 g/mol. The lowest BCUT2D eigenvalue weighted by molar-refractivity contribution is 0.326. The molecule has 2 aromatic carbocycles. The Balaban J connectivity index is 1.49. The van der Waals surface area contributed by atoms with E-state index in [9.17, 15) is 12.8 Å². The third kappa shape index (κ3) is 4.72. The maximum absolute atomic E-state index is 14.9. The number of likely N-dealkylation sites (tertiary alicyclic amines) is 1. The molecule has 3 aromatic rings. The molecule has 1 fully saturated rings. The van der Waals surface area contributed by atoms with E-state index in [2.05, 4.69) is 31.4 Å². The lowest BCUT2D eigenvalue weighted by Gasteiger charge is -2.29. The Morgan fingerprint density at radius 3 is 2.74 bits per heavy atom. The van der Waals surface area contributed by atoms with Crippen molar-refractivity contribution < 1.29 is 17.3 Å². The van der Waals surface area contributed by atoms with Crippen LogP contribution in [-0.4, -0.2) is 44.7 Å². The van der Waals surface area contributed by atoms with E-state index in [1.54, 1.807) is 6.92 Å². The minimum atomic E-state index is -4.12. The molecule has 164 valence electrons. The van der Waals surface area contributed by atoms with Gasteiger partial charge < -0.3 is 9.42 Å². The second kappa shape index (κ2) is 8.68. The van der Waals surface area contributed by atoms with Crippen molar-refractivity contribution in [2.75, 3.05) is 29.8 Å². The molecule has 7 nitrogen and oxygen atoms in total. The van der Waals surface area contributed by atoms with E-state index in [1.165, 1.54) is 30.0 Å². The van der Waals surface area contributed by atoms with Gasteiger partial charge in [-0.2, -0.15) is 0 Å². The summed E-state index contributed by atoms with van der Waals surface area (Å²) >= 11 is 0. The highest BCUT2D eigenvalue weighted by Crippen LogP contribution is 2.30. The Hall–Kier alpha value is -2.91. The van der Waals surface area contributed by atoms with Crippen molar-refractivity contribution >= 4 is 21.5 Å². The first-order valence-corrected chi connectivity index (χ1v) is 11.5. The number of aryl methyl sites for hydroxylation is 1. The highest BCUT2D eigenvalue weighted by atomic mass is 32.2. The van der Waals surface area contributed by atoms with Crippen LogP contribution in [0.4, 0.5) is 15.9 Å². The van der Waals surface area contributed by atoms with Gasteiger partial charge in [0.25, 0.3) is 10.0 Å². The summed E-state index contributed by atoms with van der Waals surface area (Å²) in [7, 11) is -2.18. The first-order valence-electron chi connectivity index (χ1n) is 10.1. The van der Waals surface area contributed by atoms with Crippen molar-refractivity contribution in [3.63, 3.8) is 0 Å². The van der Waals surface area contributed by atoms with Crippen molar-refractivity contribution in [3.05, 3.63) is 71.7 Å². The van der Waals surface area contributed by atoms with Crippen LogP contribution in [0.15, 0.2) is 64.2 Å². The summed E-state index contributed by atoms with van der Waals surface area (Å²) in [5.41, 5.74) is 2.64. The lowest BCUT2D eigenvalue weighted by atomic mass is 10.1. The second-order valence-electron chi connectivity index (χ2n) is 7.83. The smallest absolute Gasteiger partial charge is 0.266 e. The summed E-state index contributed by atoms with van der Waals surface area (Å²) in [4.78, 5) is 4.01. The molecule has 2 heterocycles. The zero-order chi connectivity index (χ0) is 22.0. The van der Waals surface area contributed by atoms with Gasteiger partial charge >= 0.3 is 0 Å². The molecule has 0 amide bonds. The third-order valence-electron chi connectivity index (χ3n) is 5.64. The van der Waals surface area contributed by atoms with Gasteiger partial charge in [0.1, 0.15) is 17.0 Å². The quantitative estimate of drug-likeness (QED) is 0.600. The van der Waals surface area contributed by atoms with Crippen LogP contribution < -0.4 is 9.62 Å². The fourth-order valence-electron chi connectivity index (χ4n) is 4.00. The number of sulfonamides is 1. The second-order valence-corrected chi connectivity index (χ2v) is 9.48. The molecule has 0 spiro atoms. The van der Waals surface area contributed by atoms with Gasteiger partial charge in [-0.3, -0.25) is 9.62 Å². The topological polar surface area (TPSA) is 78.7 Å². The molecule has 0 bridgehead atoms. The number of likely N-dealkylation sites (N-methyl/N-ethyl adjacent to an activating group) is 1. The largest absolute Gasteiger partial charge is 0.370 e. The Bertz CT molecular complexity index is 1140. The highest BCUT2D eigenvalue weighted by molar-refractivity contribution is 7.92. The normalized spacial score (nSPS) is 17.1. The molecule has 1 unspecified atom stereocenters. The maximum Gasteiger partial charge on any atom is 0.266 e. The molecule has 1 N–H and O–H groups in total. The molecule has 1 atom stereocenters. The van der Waals surface area contributed by atoms with Crippen LogP contribution in [0.3, 0.4) is 0 Å². The first kappa shape index (κ1) is 21.3. The Morgan fingerprint density at radius 1 is 1.26 bits per heavy atom. The molecule has 31 heavy (non-hydrogen) atoms. The molecule has 1 aliphatic rings. The summed E-state index contributed by atoms with van der Waals surface area (Å²) in [6.45, 7) is 4.49. The van der Waals surface area contributed by atoms with Gasteiger partial charge in [0.2, 0.25) is 0 Å². The average Bonchev–Trinajstić information content (AvgIpc) is 3.41. The number of nitrogens with one attached hydrogen (secondary N) is 1. The van der Waals surface area contributed by atoms with Crippen molar-refractivity contribution in [2.24, 2.45) is 0 Å². The van der Waals surface area contributed by atoms with Gasteiger partial charge in [-0.05, 0) is 36.6 Å². The van der Waals surface area contributed by atoms with Crippen LogP contribution in [0.2, 0.25) is 0 Å². The summed E-state index contributed by atoms with van der Waals surface area (Å²) in [5, 5.41) is 3.51. The van der Waals surface area contributed by atoms with Crippen LogP contribution in [0, 0.1) is 12.7 Å². The molecule has 1 aromatic heterocycles. The first-order chi connectivity index (χ1) is 14.8. The van der Waals surface area contributed by atoms with E-state index < -0.39 is 20.7 Å². The van der Waals surface area contributed by atoms with Crippen LogP contribution in [0.25, 0.3) is 0 Å². The van der Waals surface area contributed by atoms with Gasteiger partial charge in [0.05, 0.1) is 0 Å². The highest BCUT2D eigenvalue weighted by Gasteiger charge is 2.28. The van der Waals surface area contributed by atoms with E-state index >= 15 is 0 Å². The predicted molar refractivity (Wildman–Crippen MR) is 117 cm³/mol. The van der Waals surface area contributed by atoms with E-state index in [0.717, 1.165) is 26.1 Å². The number of benzene rings is 2. The third-order valence-corrected chi connectivity index (χ3v) is 7.01. The molecule has 0 saturated carbocycles. The van der Waals surface area contributed by atoms with Gasteiger partial charge in [0.15, 0.2) is 5.82 Å². The number of hydrogen-bond acceptors (Lipinski definition) is 6. The Morgan fingerprint density at radius 2 is 2.03 bits per heavy atom. The molecular weight excluding hydrogens is 419 g/mol. The van der Waals surface area contributed by atoms with Crippen LogP contribution in [0.5, 0.6) is 0 Å². The molecule has 0 radical (unpaired) electrons. The number of nitrogens with zero attached hydrogens (tertiary/aromatic N) is 3. The predicted octanol–water partition coefficient (Wildman–Crippen LogP) is 3.63. The molecule has 9 heteroatoms. The molecule has 1 aliphatic heterocycles. The molecular formula is C22H25FN4O3S. The molecule has 0 aliphatic carbocycles. The van der Waals surface area contributed by atoms with Gasteiger partial charge in [-0.25, -0.2) is 12.8 Å². The van der Waals surface area contributed by atoms with Crippen molar-refractivity contribution in [2.45, 2.75) is 30.8 Å². The lowest BCUT2D eigenvalue weighted by Crippen LogP contribution is -2.35.